The highest BCUT2D eigenvalue weighted by atomic mass is 16.5. The van der Waals surface area contributed by atoms with Gasteiger partial charge in [0.1, 0.15) is 23.5 Å². The summed E-state index contributed by atoms with van der Waals surface area (Å²) in [5.74, 6) is -2.13. The van der Waals surface area contributed by atoms with Gasteiger partial charge in [0, 0.05) is 71.6 Å². The molecule has 5 aromatic rings. The van der Waals surface area contributed by atoms with E-state index in [0.717, 1.165) is 65.0 Å². The van der Waals surface area contributed by atoms with Crippen LogP contribution in [-0.4, -0.2) is 71.4 Å². The third-order valence-corrected chi connectivity index (χ3v) is 14.8. The molecular formula is C53H57N3O8. The van der Waals surface area contributed by atoms with Crippen molar-refractivity contribution in [1.82, 2.24) is 9.97 Å². The van der Waals surface area contributed by atoms with Crippen LogP contribution in [0.1, 0.15) is 132 Å². The van der Waals surface area contributed by atoms with Gasteiger partial charge in [-0.25, -0.2) is 0 Å². The van der Waals surface area contributed by atoms with Gasteiger partial charge in [0.25, 0.3) is 0 Å². The van der Waals surface area contributed by atoms with Crippen molar-refractivity contribution in [2.24, 2.45) is 11.8 Å². The number of fused-ring (bicyclic) bond motifs is 14. The standard InChI is InChI=1S/C53H57N3O8/c57-24-19-39-46(59)14-11-30-25-41(50(61)47(26-30)64-34-8-1-2-9-34)49(60)33-7-3-6-32(27-33)35-12-13-43(56-52-38(35)18-23-55-52)40-28-44-37(17-22-54-44)42(48(40)51(39)62)29-53(63)20-15-31-5-4-10-45(58)36(31)16-21-53/h3-7,10,16-18,21-23,25-28,34-35,39,42-43,48-49,54-58,60-61,63H,1-2,8-9,11-15,19-20,24,29H2/t35-,39+,42+,43-,48+,49-,53-/m1/s1. The van der Waals surface area contributed by atoms with Gasteiger partial charge in [-0.2, -0.15) is 0 Å². The Hall–Kier alpha value is -5.88. The summed E-state index contributed by atoms with van der Waals surface area (Å²) in [6.07, 6.45) is 14.3. The lowest BCUT2D eigenvalue weighted by Crippen LogP contribution is -2.43. The smallest absolute Gasteiger partial charge is 0.163 e. The molecule has 8 N–H and O–H groups in total. The number of aryl methyl sites for hydroxylation is 2. The molecular weight excluding hydrogens is 807 g/mol. The van der Waals surface area contributed by atoms with Crippen LogP contribution in [0.3, 0.4) is 0 Å². The second kappa shape index (κ2) is 17.3. The van der Waals surface area contributed by atoms with Crippen molar-refractivity contribution in [1.29, 1.82) is 0 Å². The third-order valence-electron chi connectivity index (χ3n) is 14.8. The van der Waals surface area contributed by atoms with Gasteiger partial charge in [-0.05, 0) is 140 Å². The summed E-state index contributed by atoms with van der Waals surface area (Å²) in [7, 11) is 0. The van der Waals surface area contributed by atoms with Crippen molar-refractivity contribution >= 4 is 29.5 Å². The minimum absolute atomic E-state index is 0.0233. The molecule has 0 radical (unpaired) electrons. The average Bonchev–Trinajstić information content (AvgIpc) is 4.06. The molecule has 2 aromatic heterocycles. The average molecular weight is 864 g/mol. The second-order valence-electron chi connectivity index (χ2n) is 18.8. The first-order valence-corrected chi connectivity index (χ1v) is 23.1. The molecule has 1 saturated carbocycles. The number of aromatic nitrogens is 2. The Labute approximate surface area is 372 Å². The van der Waals surface area contributed by atoms with Crippen LogP contribution in [0, 0.1) is 11.8 Å². The van der Waals surface area contributed by atoms with Gasteiger partial charge in [0.15, 0.2) is 17.3 Å². The Morgan fingerprint density at radius 2 is 1.62 bits per heavy atom. The van der Waals surface area contributed by atoms with Crippen LogP contribution < -0.4 is 10.1 Å². The number of Topliss-reactive ketones (excluding diaryl/α,β-unsaturated/α-hetero) is 2. The highest BCUT2D eigenvalue weighted by molar-refractivity contribution is 6.05. The van der Waals surface area contributed by atoms with E-state index in [-0.39, 0.29) is 84.7 Å². The fourth-order valence-electron chi connectivity index (χ4n) is 11.5. The van der Waals surface area contributed by atoms with Gasteiger partial charge in [-0.3, -0.25) is 9.59 Å². The van der Waals surface area contributed by atoms with E-state index in [0.29, 0.717) is 42.4 Å². The molecule has 3 aromatic carbocycles. The lowest BCUT2D eigenvalue weighted by atomic mass is 9.65. The molecule has 1 fully saturated rings. The number of ether oxygens (including phenoxy) is 1. The minimum Gasteiger partial charge on any atom is -0.507 e. The molecule has 11 nitrogen and oxygen atoms in total. The quantitative estimate of drug-likeness (QED) is 0.0775. The van der Waals surface area contributed by atoms with Crippen molar-refractivity contribution in [3.8, 4) is 17.2 Å². The summed E-state index contributed by atoms with van der Waals surface area (Å²) in [6, 6.07) is 20.4. The summed E-state index contributed by atoms with van der Waals surface area (Å²) < 4.78 is 6.40. The molecule has 5 aliphatic rings. The van der Waals surface area contributed by atoms with Crippen LogP contribution in [0.15, 0.2) is 90.8 Å². The number of hydrogen-bond donors (Lipinski definition) is 8. The molecule has 7 atom stereocenters. The predicted octanol–water partition coefficient (Wildman–Crippen LogP) is 8.52. The first-order valence-electron chi connectivity index (χ1n) is 23.1. The van der Waals surface area contributed by atoms with Gasteiger partial charge >= 0.3 is 0 Å². The zero-order chi connectivity index (χ0) is 44.1. The minimum atomic E-state index is -1.37. The third kappa shape index (κ3) is 7.88. The summed E-state index contributed by atoms with van der Waals surface area (Å²) in [5, 5.41) is 61.5. The van der Waals surface area contributed by atoms with Crippen LogP contribution in [0.4, 0.5) is 5.82 Å². The molecule has 3 heterocycles. The largest absolute Gasteiger partial charge is 0.507 e. The number of aromatic hydroxyl groups is 2. The van der Waals surface area contributed by atoms with Crippen LogP contribution in [0.5, 0.6) is 17.2 Å². The fourth-order valence-corrected chi connectivity index (χ4v) is 11.5. The molecule has 0 amide bonds. The fraction of sp³-hybridized carbons (Fsp3) is 0.396. The number of nitrogens with one attached hydrogen (secondary N) is 3. The van der Waals surface area contributed by atoms with Crippen LogP contribution in [0.2, 0.25) is 0 Å². The Kier molecular flexibility index (Phi) is 11.3. The number of benzene rings is 3. The molecule has 1 aliphatic heterocycles. The van der Waals surface area contributed by atoms with Gasteiger partial charge in [0.2, 0.25) is 0 Å². The van der Waals surface area contributed by atoms with Crippen molar-refractivity contribution in [3.63, 3.8) is 0 Å². The molecule has 0 saturated heterocycles. The number of carbonyl (C=O) groups is 2. The van der Waals surface area contributed by atoms with E-state index >= 15 is 4.79 Å². The zero-order valence-corrected chi connectivity index (χ0v) is 35.9. The molecule has 4 aliphatic carbocycles. The SMILES string of the molecule is O=C1CCc2cc(OC3CCCC3)c(O)c(c2)[C@H](O)c2cccc(c2)[C@H]2CC[C@@H](Nc3[nH]ccc32)C2=Cc3[nH]ccc3[C@H](C[C@]3(O)C=Cc4c(O)cccc4CC3)[C@H]2C(=O)[C@H]1CCO. The van der Waals surface area contributed by atoms with Crippen LogP contribution in [-0.2, 0) is 22.4 Å². The maximum absolute atomic E-state index is 15.7. The Morgan fingerprint density at radius 3 is 2.47 bits per heavy atom. The summed E-state index contributed by atoms with van der Waals surface area (Å²) in [6.45, 7) is -0.371. The Morgan fingerprint density at radius 1 is 0.828 bits per heavy atom. The lowest BCUT2D eigenvalue weighted by molar-refractivity contribution is -0.136. The van der Waals surface area contributed by atoms with Gasteiger partial charge < -0.3 is 45.6 Å². The molecule has 0 unspecified atom stereocenters. The van der Waals surface area contributed by atoms with Crippen molar-refractivity contribution in [3.05, 3.63) is 141 Å². The van der Waals surface area contributed by atoms with Crippen LogP contribution in [0.25, 0.3) is 12.2 Å². The van der Waals surface area contributed by atoms with Crippen LogP contribution >= 0.6 is 0 Å². The van der Waals surface area contributed by atoms with Crippen molar-refractivity contribution in [2.75, 3.05) is 11.9 Å². The Bertz CT molecular complexity index is 2630. The normalized spacial score (nSPS) is 26.9. The first-order chi connectivity index (χ1) is 31.1. The van der Waals surface area contributed by atoms with Crippen molar-refractivity contribution in [2.45, 2.75) is 113 Å². The first kappa shape index (κ1) is 42.1. The summed E-state index contributed by atoms with van der Waals surface area (Å²) >= 11 is 0. The number of phenolic OH excluding ortho intramolecular Hbond substituents is 2. The topological polar surface area (TPSA) is 188 Å². The number of aromatic amines is 2. The number of H-pyrrole nitrogens is 2. The van der Waals surface area contributed by atoms with Gasteiger partial charge in [0.05, 0.1) is 17.6 Å². The van der Waals surface area contributed by atoms with E-state index in [1.807, 2.05) is 42.7 Å². The molecule has 0 spiro atoms. The number of carbonyl (C=O) groups excluding carboxylic acids is 2. The number of phenols is 2. The number of rotatable bonds is 6. The van der Waals surface area contributed by atoms with E-state index in [9.17, 15) is 30.3 Å². The van der Waals surface area contributed by atoms with Gasteiger partial charge in [-0.15, -0.1) is 0 Å². The maximum Gasteiger partial charge on any atom is 0.163 e. The lowest BCUT2D eigenvalue weighted by Gasteiger charge is -2.40. The molecule has 332 valence electrons. The van der Waals surface area contributed by atoms with E-state index in [1.54, 1.807) is 36.4 Å². The highest BCUT2D eigenvalue weighted by Gasteiger charge is 2.47. The van der Waals surface area contributed by atoms with Crippen molar-refractivity contribution < 1.29 is 39.9 Å². The number of aliphatic hydroxyl groups is 3. The zero-order valence-electron chi connectivity index (χ0n) is 35.9. The number of anilines is 1. The second-order valence-corrected chi connectivity index (χ2v) is 18.8. The molecule has 6 bridgehead atoms. The molecule has 11 heteroatoms. The summed E-state index contributed by atoms with van der Waals surface area (Å²) in [4.78, 5) is 37.2. The molecule has 64 heavy (non-hydrogen) atoms. The van der Waals surface area contributed by atoms with Gasteiger partial charge in [-0.1, -0.05) is 48.6 Å². The van der Waals surface area contributed by atoms with E-state index in [4.69, 9.17) is 4.74 Å². The van der Waals surface area contributed by atoms with E-state index < -0.39 is 29.5 Å². The van der Waals surface area contributed by atoms with E-state index in [1.165, 1.54) is 0 Å². The summed E-state index contributed by atoms with van der Waals surface area (Å²) in [5.41, 5.74) is 6.38. The Balaban J connectivity index is 1.10. The number of aliphatic hydroxyl groups excluding tert-OH is 2. The highest BCUT2D eigenvalue weighted by Crippen LogP contribution is 2.50. The monoisotopic (exact) mass is 863 g/mol. The molecule has 10 rings (SSSR count). The number of hydrogen-bond acceptors (Lipinski definition) is 9. The number of ketones is 2. The predicted molar refractivity (Wildman–Crippen MR) is 244 cm³/mol. The van der Waals surface area contributed by atoms with E-state index in [2.05, 4.69) is 33.5 Å². The maximum atomic E-state index is 15.7.